The van der Waals surface area contributed by atoms with E-state index >= 15 is 0 Å². The van der Waals surface area contributed by atoms with Gasteiger partial charge in [0.2, 0.25) is 10.0 Å². The van der Waals surface area contributed by atoms with Crippen molar-refractivity contribution in [3.05, 3.63) is 76.2 Å². The summed E-state index contributed by atoms with van der Waals surface area (Å²) in [7, 11) is -3.52. The second-order valence-corrected chi connectivity index (χ2v) is 7.81. The first-order valence-electron chi connectivity index (χ1n) is 7.52. The van der Waals surface area contributed by atoms with Gasteiger partial charge in [-0.25, -0.2) is 13.1 Å². The first kappa shape index (κ1) is 16.2. The van der Waals surface area contributed by atoms with Crippen molar-refractivity contribution in [2.75, 3.05) is 0 Å². The van der Waals surface area contributed by atoms with Crippen molar-refractivity contribution in [1.82, 2.24) is 4.72 Å². The zero-order chi connectivity index (χ0) is 16.3. The van der Waals surface area contributed by atoms with Gasteiger partial charge < -0.3 is 0 Å². The normalized spacial score (nSPS) is 17.1. The van der Waals surface area contributed by atoms with Crippen molar-refractivity contribution in [2.24, 2.45) is 0 Å². The molecule has 2 aromatic rings. The lowest BCUT2D eigenvalue weighted by Crippen LogP contribution is -2.50. The molecule has 0 bridgehead atoms. The van der Waals surface area contributed by atoms with Gasteiger partial charge in [-0.3, -0.25) is 0 Å². The molecule has 0 saturated heterocycles. The molecule has 3 rings (SSSR count). The van der Waals surface area contributed by atoms with Crippen LogP contribution in [-0.4, -0.2) is 8.42 Å². The summed E-state index contributed by atoms with van der Waals surface area (Å²) in [6, 6.07) is 16.8. The molecule has 0 atom stereocenters. The molecule has 5 heteroatoms. The fourth-order valence-corrected chi connectivity index (χ4v) is 4.18. The predicted octanol–water partition coefficient (Wildman–Crippen LogP) is 4.31. The first-order valence-corrected chi connectivity index (χ1v) is 9.45. The lowest BCUT2D eigenvalue weighted by Gasteiger charge is -2.42. The molecule has 0 unspecified atom stereocenters. The van der Waals surface area contributed by atoms with Crippen LogP contribution < -0.4 is 4.72 Å². The summed E-state index contributed by atoms with van der Waals surface area (Å²) in [5.41, 5.74) is 1.31. The van der Waals surface area contributed by atoms with Crippen LogP contribution in [0, 0.1) is 0 Å². The Morgan fingerprint density at radius 3 is 2.22 bits per heavy atom. The van der Waals surface area contributed by atoms with Gasteiger partial charge in [-0.2, -0.15) is 0 Å². The highest BCUT2D eigenvalue weighted by atomic mass is 35.5. The van der Waals surface area contributed by atoms with Crippen LogP contribution in [0.25, 0.3) is 6.08 Å². The fourth-order valence-electron chi connectivity index (χ4n) is 2.79. The Morgan fingerprint density at radius 2 is 1.65 bits per heavy atom. The minimum absolute atomic E-state index is 0.509. The van der Waals surface area contributed by atoms with Gasteiger partial charge >= 0.3 is 0 Å². The van der Waals surface area contributed by atoms with E-state index in [1.54, 1.807) is 18.2 Å². The van der Waals surface area contributed by atoms with Gasteiger partial charge in [0.25, 0.3) is 0 Å². The topological polar surface area (TPSA) is 46.2 Å². The lowest BCUT2D eigenvalue weighted by atomic mass is 9.73. The van der Waals surface area contributed by atoms with Crippen molar-refractivity contribution in [2.45, 2.75) is 24.8 Å². The lowest BCUT2D eigenvalue weighted by molar-refractivity contribution is 0.225. The molecule has 1 saturated carbocycles. The van der Waals surface area contributed by atoms with Gasteiger partial charge in [-0.1, -0.05) is 54.1 Å². The zero-order valence-electron chi connectivity index (χ0n) is 12.6. The highest BCUT2D eigenvalue weighted by Gasteiger charge is 2.41. The van der Waals surface area contributed by atoms with Crippen molar-refractivity contribution < 1.29 is 8.42 Å². The molecular formula is C18H18ClNO2S. The smallest absolute Gasteiger partial charge is 0.208 e. The summed E-state index contributed by atoms with van der Waals surface area (Å²) in [5.74, 6) is 0. The minimum Gasteiger partial charge on any atom is -0.208 e. The third-order valence-electron chi connectivity index (χ3n) is 4.18. The molecule has 2 aromatic carbocycles. The molecule has 120 valence electrons. The van der Waals surface area contributed by atoms with E-state index in [9.17, 15) is 8.42 Å². The van der Waals surface area contributed by atoms with Crippen molar-refractivity contribution in [3.8, 4) is 0 Å². The molecule has 3 nitrogen and oxygen atoms in total. The number of sulfonamides is 1. The Balaban J connectivity index is 1.81. The first-order chi connectivity index (χ1) is 11.0. The van der Waals surface area contributed by atoms with E-state index in [4.69, 9.17) is 11.6 Å². The molecule has 1 N–H and O–H groups in total. The summed E-state index contributed by atoms with van der Waals surface area (Å²) in [5, 5.41) is 1.88. The third kappa shape index (κ3) is 3.83. The fraction of sp³-hybridized carbons (Fsp3) is 0.222. The Morgan fingerprint density at radius 1 is 1.00 bits per heavy atom. The highest BCUT2D eigenvalue weighted by molar-refractivity contribution is 7.92. The average molecular weight is 348 g/mol. The number of hydrogen-bond acceptors (Lipinski definition) is 2. The van der Waals surface area contributed by atoms with Gasteiger partial charge in [0.1, 0.15) is 0 Å². The molecule has 0 radical (unpaired) electrons. The van der Waals surface area contributed by atoms with Gasteiger partial charge in [0.05, 0.1) is 5.54 Å². The van der Waals surface area contributed by atoms with E-state index in [0.717, 1.165) is 30.4 Å². The van der Waals surface area contributed by atoms with Crippen molar-refractivity contribution in [1.29, 1.82) is 0 Å². The summed E-state index contributed by atoms with van der Waals surface area (Å²) in [6.07, 6.45) is 4.21. The van der Waals surface area contributed by atoms with Crippen LogP contribution in [0.5, 0.6) is 0 Å². The van der Waals surface area contributed by atoms with Crippen LogP contribution in [0.4, 0.5) is 0 Å². The molecular weight excluding hydrogens is 330 g/mol. The van der Waals surface area contributed by atoms with Crippen LogP contribution in [0.15, 0.2) is 60.0 Å². The molecule has 1 fully saturated rings. The monoisotopic (exact) mass is 347 g/mol. The Bertz CT molecular complexity index is 795. The second-order valence-electron chi connectivity index (χ2n) is 5.80. The Kier molecular flexibility index (Phi) is 4.57. The third-order valence-corrected chi connectivity index (χ3v) is 5.60. The van der Waals surface area contributed by atoms with Crippen LogP contribution in [-0.2, 0) is 15.6 Å². The summed E-state index contributed by atoms with van der Waals surface area (Å²) >= 11 is 5.92. The van der Waals surface area contributed by atoms with Gasteiger partial charge in [-0.15, -0.1) is 0 Å². The Hall–Kier alpha value is -1.62. The maximum absolute atomic E-state index is 12.4. The molecule has 0 spiro atoms. The number of halogens is 1. The van der Waals surface area contributed by atoms with Crippen molar-refractivity contribution in [3.63, 3.8) is 0 Å². The van der Waals surface area contributed by atoms with E-state index < -0.39 is 15.6 Å². The van der Waals surface area contributed by atoms with E-state index in [-0.39, 0.29) is 0 Å². The summed E-state index contributed by atoms with van der Waals surface area (Å²) < 4.78 is 27.7. The van der Waals surface area contributed by atoms with E-state index in [0.29, 0.717) is 5.02 Å². The number of nitrogens with one attached hydrogen (secondary N) is 1. The summed E-state index contributed by atoms with van der Waals surface area (Å²) in [6.45, 7) is 0. The maximum atomic E-state index is 12.4. The van der Waals surface area contributed by atoms with Gasteiger partial charge in [0, 0.05) is 10.4 Å². The molecule has 0 aliphatic heterocycles. The highest BCUT2D eigenvalue weighted by Crippen LogP contribution is 2.42. The summed E-state index contributed by atoms with van der Waals surface area (Å²) in [4.78, 5) is 0. The minimum atomic E-state index is -3.52. The largest absolute Gasteiger partial charge is 0.234 e. The Labute approximate surface area is 142 Å². The van der Waals surface area contributed by atoms with E-state index in [1.807, 2.05) is 42.5 Å². The van der Waals surface area contributed by atoms with Crippen LogP contribution in [0.1, 0.15) is 30.4 Å². The standard InChI is InChI=1S/C18H18ClNO2S/c19-17-9-7-16(8-10-17)18(12-4-13-18)20-23(21,22)14-11-15-5-2-1-3-6-15/h1-3,5-11,14,20H,4,12-13H2/b14-11+. The quantitative estimate of drug-likeness (QED) is 0.876. The maximum Gasteiger partial charge on any atom is 0.234 e. The van der Waals surface area contributed by atoms with E-state index in [2.05, 4.69) is 4.72 Å². The van der Waals surface area contributed by atoms with Crippen LogP contribution >= 0.6 is 11.6 Å². The second kappa shape index (κ2) is 6.48. The molecule has 1 aliphatic rings. The van der Waals surface area contributed by atoms with Crippen LogP contribution in [0.3, 0.4) is 0 Å². The number of hydrogen-bond donors (Lipinski definition) is 1. The predicted molar refractivity (Wildman–Crippen MR) is 94.5 cm³/mol. The molecule has 23 heavy (non-hydrogen) atoms. The molecule has 0 amide bonds. The van der Waals surface area contributed by atoms with E-state index in [1.165, 1.54) is 5.41 Å². The SMILES string of the molecule is O=S(=O)(/C=C/c1ccccc1)NC1(c2ccc(Cl)cc2)CCC1. The zero-order valence-corrected chi connectivity index (χ0v) is 14.1. The molecule has 0 aromatic heterocycles. The average Bonchev–Trinajstić information content (AvgIpc) is 2.51. The van der Waals surface area contributed by atoms with Gasteiger partial charge in [0.15, 0.2) is 0 Å². The molecule has 0 heterocycles. The molecule has 1 aliphatic carbocycles. The number of rotatable bonds is 5. The van der Waals surface area contributed by atoms with Gasteiger partial charge in [-0.05, 0) is 48.6 Å². The van der Waals surface area contributed by atoms with Crippen LogP contribution in [0.2, 0.25) is 5.02 Å². The van der Waals surface area contributed by atoms with Crippen molar-refractivity contribution >= 4 is 27.7 Å². The number of benzene rings is 2.